The van der Waals surface area contributed by atoms with Crippen LogP contribution in [-0.4, -0.2) is 23.7 Å². The third-order valence-electron chi connectivity index (χ3n) is 2.11. The fourth-order valence-corrected chi connectivity index (χ4v) is 1.22. The van der Waals surface area contributed by atoms with E-state index in [-0.39, 0.29) is 18.6 Å². The molecular formula is C11H16N2O2. The molecular weight excluding hydrogens is 192 g/mol. The van der Waals surface area contributed by atoms with Crippen LogP contribution >= 0.6 is 0 Å². The lowest BCUT2D eigenvalue weighted by Gasteiger charge is -2.17. The molecule has 1 unspecified atom stereocenters. The first-order chi connectivity index (χ1) is 7.15. The zero-order chi connectivity index (χ0) is 11.3. The van der Waals surface area contributed by atoms with Gasteiger partial charge in [0, 0.05) is 0 Å². The number of nitrogens with one attached hydrogen (secondary N) is 1. The molecule has 1 amide bonds. The van der Waals surface area contributed by atoms with E-state index in [0.717, 1.165) is 5.56 Å². The number of rotatable bonds is 4. The molecule has 0 saturated heterocycles. The summed E-state index contributed by atoms with van der Waals surface area (Å²) < 4.78 is 0. The Labute approximate surface area is 89.1 Å². The van der Waals surface area contributed by atoms with Crippen molar-refractivity contribution in [1.29, 1.82) is 0 Å². The minimum absolute atomic E-state index is 0.136. The Balaban J connectivity index is 2.69. The van der Waals surface area contributed by atoms with Crippen LogP contribution in [0.2, 0.25) is 0 Å². The molecule has 15 heavy (non-hydrogen) atoms. The van der Waals surface area contributed by atoms with Gasteiger partial charge >= 0.3 is 0 Å². The Hall–Kier alpha value is -1.39. The number of carbonyl (C=O) groups excluding carboxylic acids is 1. The minimum atomic E-state index is -0.567. The van der Waals surface area contributed by atoms with Gasteiger partial charge in [-0.2, -0.15) is 0 Å². The van der Waals surface area contributed by atoms with Crippen molar-refractivity contribution in [3.63, 3.8) is 0 Å². The van der Waals surface area contributed by atoms with Crippen molar-refractivity contribution in [3.8, 4) is 0 Å². The summed E-state index contributed by atoms with van der Waals surface area (Å²) in [5, 5.41) is 11.8. The first kappa shape index (κ1) is 11.7. The third kappa shape index (κ3) is 3.34. The second kappa shape index (κ2) is 5.48. The summed E-state index contributed by atoms with van der Waals surface area (Å²) in [5.74, 6) is -0.266. The molecule has 1 aromatic carbocycles. The van der Waals surface area contributed by atoms with E-state index in [0.29, 0.717) is 0 Å². The predicted octanol–water partition coefficient (Wildman–Crippen LogP) is 0.183. The lowest BCUT2D eigenvalue weighted by Crippen LogP contribution is -2.41. The molecule has 0 fully saturated rings. The van der Waals surface area contributed by atoms with Crippen LogP contribution in [0.1, 0.15) is 18.5 Å². The highest BCUT2D eigenvalue weighted by Crippen LogP contribution is 2.11. The molecule has 0 heterocycles. The molecule has 0 bridgehead atoms. The van der Waals surface area contributed by atoms with Crippen molar-refractivity contribution < 1.29 is 9.90 Å². The normalized spacial score (nSPS) is 14.3. The van der Waals surface area contributed by atoms with Crippen LogP contribution < -0.4 is 11.1 Å². The molecule has 0 saturated carbocycles. The maximum atomic E-state index is 11.3. The van der Waals surface area contributed by atoms with Crippen molar-refractivity contribution in [2.45, 2.75) is 19.0 Å². The van der Waals surface area contributed by atoms with Gasteiger partial charge in [-0.25, -0.2) is 0 Å². The van der Waals surface area contributed by atoms with E-state index >= 15 is 0 Å². The largest absolute Gasteiger partial charge is 0.394 e. The lowest BCUT2D eigenvalue weighted by atomic mass is 10.1. The monoisotopic (exact) mass is 208 g/mol. The highest BCUT2D eigenvalue weighted by Gasteiger charge is 2.15. The molecule has 0 aliphatic heterocycles. The Morgan fingerprint density at radius 2 is 2.07 bits per heavy atom. The summed E-state index contributed by atoms with van der Waals surface area (Å²) in [6, 6.07) is 8.34. The van der Waals surface area contributed by atoms with E-state index in [4.69, 9.17) is 10.8 Å². The molecule has 0 spiro atoms. The number of nitrogens with two attached hydrogens (primary N) is 1. The summed E-state index contributed by atoms with van der Waals surface area (Å²) in [4.78, 5) is 11.3. The van der Waals surface area contributed by atoms with Crippen molar-refractivity contribution in [1.82, 2.24) is 5.32 Å². The Morgan fingerprint density at radius 3 is 2.53 bits per heavy atom. The van der Waals surface area contributed by atoms with Crippen LogP contribution in [0.3, 0.4) is 0 Å². The van der Waals surface area contributed by atoms with Gasteiger partial charge in [-0.1, -0.05) is 30.3 Å². The predicted molar refractivity (Wildman–Crippen MR) is 58.1 cm³/mol. The molecule has 4 heteroatoms. The van der Waals surface area contributed by atoms with Gasteiger partial charge < -0.3 is 16.2 Å². The standard InChI is InChI=1S/C11H16N2O2/c1-8(12)11(15)13-10(7-14)9-5-3-2-4-6-9/h2-6,8,10,14H,7,12H2,1H3,(H,13,15)/t8-,10?/m0/s1. The molecule has 1 aromatic rings. The number of aliphatic hydroxyl groups is 1. The van der Waals surface area contributed by atoms with Gasteiger partial charge in [0.15, 0.2) is 0 Å². The summed E-state index contributed by atoms with van der Waals surface area (Å²) in [6.07, 6.45) is 0. The van der Waals surface area contributed by atoms with Gasteiger partial charge in [0.05, 0.1) is 18.7 Å². The summed E-state index contributed by atoms with van der Waals surface area (Å²) in [5.41, 5.74) is 6.29. The van der Waals surface area contributed by atoms with Crippen LogP contribution in [0.25, 0.3) is 0 Å². The summed E-state index contributed by atoms with van der Waals surface area (Å²) in [6.45, 7) is 1.47. The van der Waals surface area contributed by atoms with Crippen molar-refractivity contribution >= 4 is 5.91 Å². The van der Waals surface area contributed by atoms with Crippen LogP contribution in [-0.2, 0) is 4.79 Å². The number of hydrogen-bond acceptors (Lipinski definition) is 3. The summed E-state index contributed by atoms with van der Waals surface area (Å²) in [7, 11) is 0. The van der Waals surface area contributed by atoms with Gasteiger partial charge in [-0.05, 0) is 12.5 Å². The van der Waals surface area contributed by atoms with E-state index in [2.05, 4.69) is 5.32 Å². The van der Waals surface area contributed by atoms with Crippen molar-refractivity contribution in [3.05, 3.63) is 35.9 Å². The van der Waals surface area contributed by atoms with Gasteiger partial charge in [-0.15, -0.1) is 0 Å². The number of benzene rings is 1. The molecule has 0 radical (unpaired) electrons. The Bertz CT molecular complexity index is 312. The quantitative estimate of drug-likeness (QED) is 0.661. The van der Waals surface area contributed by atoms with E-state index in [1.165, 1.54) is 0 Å². The van der Waals surface area contributed by atoms with E-state index in [1.54, 1.807) is 6.92 Å². The fourth-order valence-electron chi connectivity index (χ4n) is 1.22. The molecule has 0 aliphatic rings. The first-order valence-electron chi connectivity index (χ1n) is 4.87. The van der Waals surface area contributed by atoms with Gasteiger partial charge in [-0.3, -0.25) is 4.79 Å². The smallest absolute Gasteiger partial charge is 0.237 e. The number of aliphatic hydroxyl groups excluding tert-OH is 1. The fraction of sp³-hybridized carbons (Fsp3) is 0.364. The molecule has 4 nitrogen and oxygen atoms in total. The van der Waals surface area contributed by atoms with E-state index in [1.807, 2.05) is 30.3 Å². The Kier molecular flexibility index (Phi) is 4.27. The van der Waals surface area contributed by atoms with Crippen LogP contribution in [0, 0.1) is 0 Å². The first-order valence-corrected chi connectivity index (χ1v) is 4.87. The molecule has 0 aliphatic carbocycles. The lowest BCUT2D eigenvalue weighted by molar-refractivity contribution is -0.123. The topological polar surface area (TPSA) is 75.4 Å². The second-order valence-electron chi connectivity index (χ2n) is 3.44. The maximum absolute atomic E-state index is 11.3. The van der Waals surface area contributed by atoms with Crippen LogP contribution in [0.4, 0.5) is 0 Å². The Morgan fingerprint density at radius 1 is 1.47 bits per heavy atom. The van der Waals surface area contributed by atoms with Crippen LogP contribution in [0.15, 0.2) is 30.3 Å². The average molecular weight is 208 g/mol. The van der Waals surface area contributed by atoms with Crippen molar-refractivity contribution in [2.75, 3.05) is 6.61 Å². The SMILES string of the molecule is C[C@H](N)C(=O)NC(CO)c1ccccc1. The molecule has 4 N–H and O–H groups in total. The minimum Gasteiger partial charge on any atom is -0.394 e. The van der Waals surface area contributed by atoms with Gasteiger partial charge in [0.2, 0.25) is 5.91 Å². The maximum Gasteiger partial charge on any atom is 0.237 e. The number of carbonyl (C=O) groups is 1. The zero-order valence-electron chi connectivity index (χ0n) is 8.68. The molecule has 82 valence electrons. The molecule has 1 rings (SSSR count). The second-order valence-corrected chi connectivity index (χ2v) is 3.44. The van der Waals surface area contributed by atoms with Crippen molar-refractivity contribution in [2.24, 2.45) is 5.73 Å². The van der Waals surface area contributed by atoms with E-state index in [9.17, 15) is 4.79 Å². The van der Waals surface area contributed by atoms with E-state index < -0.39 is 6.04 Å². The molecule has 0 aromatic heterocycles. The number of amides is 1. The van der Waals surface area contributed by atoms with Gasteiger partial charge in [0.25, 0.3) is 0 Å². The zero-order valence-corrected chi connectivity index (χ0v) is 8.68. The van der Waals surface area contributed by atoms with Crippen LogP contribution in [0.5, 0.6) is 0 Å². The molecule has 2 atom stereocenters. The third-order valence-corrected chi connectivity index (χ3v) is 2.11. The highest BCUT2D eigenvalue weighted by atomic mass is 16.3. The average Bonchev–Trinajstić information content (AvgIpc) is 2.26. The highest BCUT2D eigenvalue weighted by molar-refractivity contribution is 5.81. The number of hydrogen-bond donors (Lipinski definition) is 3. The summed E-state index contributed by atoms with van der Waals surface area (Å²) >= 11 is 0. The van der Waals surface area contributed by atoms with Gasteiger partial charge in [0.1, 0.15) is 0 Å².